The molecule has 0 aromatic carbocycles. The maximum Gasteiger partial charge on any atom is 0.296 e. The third kappa shape index (κ3) is 1.73. The Morgan fingerprint density at radius 2 is 2.36 bits per heavy atom. The summed E-state index contributed by atoms with van der Waals surface area (Å²) in [4.78, 5) is 0. The molecule has 11 heavy (non-hydrogen) atoms. The number of unbranched alkanes of at least 4 members (excludes halogenated alkanes) is 1. The van der Waals surface area contributed by atoms with E-state index in [4.69, 9.17) is 0 Å². The van der Waals surface area contributed by atoms with E-state index in [0.29, 0.717) is 0 Å². The molecule has 1 aromatic rings. The van der Waals surface area contributed by atoms with Gasteiger partial charge in [0.25, 0.3) is 5.82 Å². The van der Waals surface area contributed by atoms with E-state index in [-0.39, 0.29) is 0 Å². The van der Waals surface area contributed by atoms with Gasteiger partial charge >= 0.3 is 0 Å². The van der Waals surface area contributed by atoms with E-state index in [2.05, 4.69) is 6.92 Å². The summed E-state index contributed by atoms with van der Waals surface area (Å²) in [6.07, 6.45) is 6.73. The molecule has 1 rings (SSSR count). The van der Waals surface area contributed by atoms with Gasteiger partial charge in [-0.2, -0.15) is 0 Å². The molecule has 0 saturated carbocycles. The molecule has 0 aliphatic carbocycles. The van der Waals surface area contributed by atoms with Crippen LogP contribution in [0.2, 0.25) is 0 Å². The van der Waals surface area contributed by atoms with Crippen molar-refractivity contribution in [2.45, 2.75) is 26.2 Å². The van der Waals surface area contributed by atoms with Gasteiger partial charge in [-0.1, -0.05) is 18.1 Å². The number of imidazole rings is 1. The summed E-state index contributed by atoms with van der Waals surface area (Å²) in [5.41, 5.74) is 0. The van der Waals surface area contributed by atoms with Crippen molar-refractivity contribution in [3.8, 4) is 0 Å². The van der Waals surface area contributed by atoms with Crippen LogP contribution >= 0.6 is 0 Å². The van der Waals surface area contributed by atoms with Crippen molar-refractivity contribution in [3.05, 3.63) is 18.2 Å². The molecule has 0 saturated heterocycles. The first kappa shape index (κ1) is 8.11. The second-order valence-electron chi connectivity index (χ2n) is 2.77. The van der Waals surface area contributed by atoms with Crippen molar-refractivity contribution in [3.63, 3.8) is 0 Å². The molecule has 0 spiro atoms. The van der Waals surface area contributed by atoms with E-state index < -0.39 is 0 Å². The molecular formula is C8H15N2O+. The Kier molecular flexibility index (Phi) is 2.52. The Morgan fingerprint density at radius 1 is 1.64 bits per heavy atom. The molecule has 1 N–H and O–H groups in total. The third-order valence-electron chi connectivity index (χ3n) is 1.86. The van der Waals surface area contributed by atoms with Crippen LogP contribution in [0.15, 0.2) is 12.4 Å². The normalized spacial score (nSPS) is 10.4. The number of rotatable bonds is 3. The molecule has 3 heteroatoms. The highest BCUT2D eigenvalue weighted by molar-refractivity contribution is 4.79. The molecule has 1 aromatic heterocycles. The highest BCUT2D eigenvalue weighted by Gasteiger charge is 2.11. The summed E-state index contributed by atoms with van der Waals surface area (Å²) in [5.74, 6) is 0.965. The van der Waals surface area contributed by atoms with Crippen LogP contribution in [0.25, 0.3) is 0 Å². The number of aromatic nitrogens is 2. The first-order valence-corrected chi connectivity index (χ1v) is 4.00. The summed E-state index contributed by atoms with van der Waals surface area (Å²) >= 11 is 0. The molecule has 3 nitrogen and oxygen atoms in total. The van der Waals surface area contributed by atoms with Crippen molar-refractivity contribution in [2.24, 2.45) is 7.05 Å². The van der Waals surface area contributed by atoms with E-state index in [1.807, 2.05) is 17.8 Å². The van der Waals surface area contributed by atoms with Crippen LogP contribution in [0, 0.1) is 0 Å². The van der Waals surface area contributed by atoms with Crippen LogP contribution in [0.3, 0.4) is 0 Å². The third-order valence-corrected chi connectivity index (χ3v) is 1.86. The van der Waals surface area contributed by atoms with Crippen LogP contribution in [0.4, 0.5) is 0 Å². The predicted molar refractivity (Wildman–Crippen MR) is 41.4 cm³/mol. The fraction of sp³-hybridized carbons (Fsp3) is 0.625. The van der Waals surface area contributed by atoms with Crippen LogP contribution in [-0.4, -0.2) is 9.94 Å². The Hall–Kier alpha value is -0.990. The zero-order valence-electron chi connectivity index (χ0n) is 7.12. The minimum absolute atomic E-state index is 0.941. The summed E-state index contributed by atoms with van der Waals surface area (Å²) < 4.78 is 3.13. The molecule has 0 aliphatic rings. The number of nitrogens with zero attached hydrogens (tertiary/aromatic N) is 2. The minimum atomic E-state index is 0.941. The molecule has 1 heterocycles. The monoisotopic (exact) mass is 155 g/mol. The van der Waals surface area contributed by atoms with E-state index in [1.165, 1.54) is 4.73 Å². The van der Waals surface area contributed by atoms with Gasteiger partial charge in [-0.25, -0.2) is 4.57 Å². The van der Waals surface area contributed by atoms with E-state index in [1.54, 1.807) is 6.20 Å². The van der Waals surface area contributed by atoms with Gasteiger partial charge in [0.2, 0.25) is 0 Å². The smallest absolute Gasteiger partial charge is 0.296 e. The summed E-state index contributed by atoms with van der Waals surface area (Å²) in [7, 11) is 1.94. The molecule has 0 aliphatic heterocycles. The largest absolute Gasteiger partial charge is 0.350 e. The summed E-state index contributed by atoms with van der Waals surface area (Å²) in [6, 6.07) is 0. The Morgan fingerprint density at radius 3 is 2.82 bits per heavy atom. The molecule has 62 valence electrons. The van der Waals surface area contributed by atoms with Gasteiger partial charge in [0.15, 0.2) is 6.20 Å². The van der Waals surface area contributed by atoms with Gasteiger partial charge in [-0.15, -0.1) is 0 Å². The highest BCUT2D eigenvalue weighted by atomic mass is 16.5. The second-order valence-corrected chi connectivity index (χ2v) is 2.77. The van der Waals surface area contributed by atoms with Gasteiger partial charge in [0.1, 0.15) is 6.20 Å². The fourth-order valence-corrected chi connectivity index (χ4v) is 1.12. The quantitative estimate of drug-likeness (QED) is 0.510. The zero-order chi connectivity index (χ0) is 8.27. The maximum absolute atomic E-state index is 9.25. The lowest BCUT2D eigenvalue weighted by atomic mass is 10.2. The molecule has 0 unspecified atom stereocenters. The maximum atomic E-state index is 9.25. The van der Waals surface area contributed by atoms with Gasteiger partial charge in [-0.3, -0.25) is 0 Å². The zero-order valence-corrected chi connectivity index (χ0v) is 7.12. The molecule has 0 bridgehead atoms. The van der Waals surface area contributed by atoms with Crippen molar-refractivity contribution in [2.75, 3.05) is 0 Å². The van der Waals surface area contributed by atoms with E-state index in [9.17, 15) is 5.21 Å². The average Bonchev–Trinajstić information content (AvgIpc) is 2.29. The van der Waals surface area contributed by atoms with Crippen LogP contribution in [0.5, 0.6) is 0 Å². The molecule has 0 atom stereocenters. The highest BCUT2D eigenvalue weighted by Crippen LogP contribution is 1.98. The number of hydrogen-bond acceptors (Lipinski definition) is 1. The number of hydrogen-bond donors (Lipinski definition) is 1. The molecule has 0 radical (unpaired) electrons. The SMILES string of the molecule is CCCCc1n(O)cc[n+]1C. The molecular weight excluding hydrogens is 140 g/mol. The van der Waals surface area contributed by atoms with Gasteiger partial charge < -0.3 is 5.21 Å². The Bertz CT molecular complexity index is 210. The van der Waals surface area contributed by atoms with Crippen LogP contribution < -0.4 is 4.57 Å². The lowest BCUT2D eigenvalue weighted by Gasteiger charge is -1.93. The second kappa shape index (κ2) is 3.42. The first-order chi connectivity index (χ1) is 5.25. The Labute approximate surface area is 66.9 Å². The van der Waals surface area contributed by atoms with Gasteiger partial charge in [-0.05, 0) is 6.42 Å². The van der Waals surface area contributed by atoms with E-state index in [0.717, 1.165) is 25.1 Å². The predicted octanol–water partition coefficient (Wildman–Crippen LogP) is 0.892. The Balaban J connectivity index is 2.67. The van der Waals surface area contributed by atoms with Crippen molar-refractivity contribution in [1.82, 2.24) is 4.73 Å². The standard InChI is InChI=1S/C8H15N2O/c1-3-4-5-8-9(2)6-7-10(8)11/h6-7,11H,3-5H2,1-2H3/q+1. The van der Waals surface area contributed by atoms with Gasteiger partial charge in [0, 0.05) is 0 Å². The molecule has 0 amide bonds. The van der Waals surface area contributed by atoms with Crippen molar-refractivity contribution in [1.29, 1.82) is 0 Å². The van der Waals surface area contributed by atoms with Crippen LogP contribution in [0.1, 0.15) is 25.6 Å². The lowest BCUT2D eigenvalue weighted by Crippen LogP contribution is -2.31. The molecule has 0 fully saturated rings. The van der Waals surface area contributed by atoms with Crippen LogP contribution in [-0.2, 0) is 13.5 Å². The van der Waals surface area contributed by atoms with Gasteiger partial charge in [0.05, 0.1) is 13.5 Å². The minimum Gasteiger partial charge on any atom is -0.350 e. The van der Waals surface area contributed by atoms with E-state index >= 15 is 0 Å². The average molecular weight is 155 g/mol. The van der Waals surface area contributed by atoms with Crippen molar-refractivity contribution < 1.29 is 9.77 Å². The number of aryl methyl sites for hydroxylation is 1. The topological polar surface area (TPSA) is 29.0 Å². The summed E-state index contributed by atoms with van der Waals surface area (Å²) in [5, 5.41) is 9.25. The first-order valence-electron chi connectivity index (χ1n) is 4.00. The summed E-state index contributed by atoms with van der Waals surface area (Å²) in [6.45, 7) is 2.14. The van der Waals surface area contributed by atoms with Crippen molar-refractivity contribution >= 4 is 0 Å². The fourth-order valence-electron chi connectivity index (χ4n) is 1.12. The lowest BCUT2D eigenvalue weighted by molar-refractivity contribution is -0.680.